The third-order valence-corrected chi connectivity index (χ3v) is 7.93. The second-order valence-electron chi connectivity index (χ2n) is 9.02. The molecule has 2 aromatic carbocycles. The first kappa shape index (κ1) is 23.5. The zero-order valence-corrected chi connectivity index (χ0v) is 20.7. The second kappa shape index (κ2) is 10.9. The molecule has 0 aliphatic carbocycles. The number of carbonyl (C=O) groups excluding carboxylic acids is 1. The fraction of sp³-hybridized carbons (Fsp3) is 0.360. The molecule has 0 saturated heterocycles. The predicted molar refractivity (Wildman–Crippen MR) is 132 cm³/mol. The van der Waals surface area contributed by atoms with Gasteiger partial charge in [-0.15, -0.1) is 11.8 Å². The summed E-state index contributed by atoms with van der Waals surface area (Å²) in [4.78, 5) is 19.1. The molecule has 1 aromatic heterocycles. The van der Waals surface area contributed by atoms with Crippen LogP contribution in [0.4, 0.5) is 0 Å². The van der Waals surface area contributed by atoms with Crippen molar-refractivity contribution >= 4 is 25.6 Å². The van der Waals surface area contributed by atoms with Gasteiger partial charge in [-0.25, -0.2) is 4.98 Å². The lowest BCUT2D eigenvalue weighted by Crippen LogP contribution is -2.23. The quantitative estimate of drug-likeness (QED) is 0.149. The highest BCUT2D eigenvalue weighted by atomic mass is 32.2. The van der Waals surface area contributed by atoms with Gasteiger partial charge in [-0.3, -0.25) is 4.79 Å². The predicted octanol–water partition coefficient (Wildman–Crippen LogP) is 6.26. The Kier molecular flexibility index (Phi) is 8.29. The number of ether oxygens (including phenoxy) is 1. The van der Waals surface area contributed by atoms with Gasteiger partial charge in [0.25, 0.3) is 0 Å². The molecule has 3 aromatic rings. The third kappa shape index (κ3) is 7.20. The average molecular weight is 453 g/mol. The van der Waals surface area contributed by atoms with Crippen LogP contribution in [0.2, 0.25) is 25.7 Å². The van der Waals surface area contributed by atoms with Crippen LogP contribution in [0.3, 0.4) is 0 Å². The first-order valence-corrected chi connectivity index (χ1v) is 15.4. The molecule has 0 aliphatic rings. The number of Topliss-reactive ketones (excluding diaryl/α,β-unsaturated/α-hetero) is 1. The van der Waals surface area contributed by atoms with Crippen LogP contribution in [-0.4, -0.2) is 35.8 Å². The molecule has 0 saturated carbocycles. The Morgan fingerprint density at radius 1 is 1.10 bits per heavy atom. The van der Waals surface area contributed by atoms with Gasteiger partial charge >= 0.3 is 0 Å². The number of aryl methyl sites for hydroxylation is 1. The van der Waals surface area contributed by atoms with Gasteiger partial charge in [0.2, 0.25) is 5.78 Å². The van der Waals surface area contributed by atoms with Gasteiger partial charge in [-0.05, 0) is 30.7 Å². The standard InChI is InChI=1S/C25H32N2O2SSi/c1-20-10-12-22(13-11-20)30-18-23(21-8-6-5-7-9-21)24(28)25-26-14-15-27(25)19-29-16-17-31(2,3)4/h5-15,23H,16-19H2,1-4H3. The van der Waals surface area contributed by atoms with E-state index in [0.29, 0.717) is 24.9 Å². The summed E-state index contributed by atoms with van der Waals surface area (Å²) in [5.74, 6) is 0.890. The Bertz CT molecular complexity index is 965. The Hall–Kier alpha value is -2.15. The summed E-state index contributed by atoms with van der Waals surface area (Å²) in [5, 5.41) is 0. The van der Waals surface area contributed by atoms with Gasteiger partial charge in [-0.2, -0.15) is 0 Å². The summed E-state index contributed by atoms with van der Waals surface area (Å²) in [5.41, 5.74) is 2.25. The third-order valence-electron chi connectivity index (χ3n) is 5.12. The van der Waals surface area contributed by atoms with Crippen LogP contribution in [0.1, 0.15) is 27.7 Å². The van der Waals surface area contributed by atoms with E-state index in [9.17, 15) is 4.79 Å². The summed E-state index contributed by atoms with van der Waals surface area (Å²) >= 11 is 1.70. The van der Waals surface area contributed by atoms with E-state index < -0.39 is 8.07 Å². The number of nitrogens with zero attached hydrogens (tertiary/aromatic N) is 2. The lowest BCUT2D eigenvalue weighted by molar-refractivity contribution is 0.0790. The molecule has 0 amide bonds. The molecular formula is C25H32N2O2SSi. The molecule has 3 rings (SSSR count). The molecule has 0 bridgehead atoms. The van der Waals surface area contributed by atoms with Crippen LogP contribution in [0.25, 0.3) is 0 Å². The van der Waals surface area contributed by atoms with Crippen LogP contribution in [-0.2, 0) is 11.5 Å². The van der Waals surface area contributed by atoms with E-state index >= 15 is 0 Å². The van der Waals surface area contributed by atoms with Crippen molar-refractivity contribution in [2.45, 2.75) is 50.2 Å². The number of hydrogen-bond donors (Lipinski definition) is 0. The summed E-state index contributed by atoms with van der Waals surface area (Å²) in [6.45, 7) is 10.2. The number of hydrogen-bond acceptors (Lipinski definition) is 4. The molecule has 31 heavy (non-hydrogen) atoms. The van der Waals surface area contributed by atoms with Crippen LogP contribution in [0, 0.1) is 6.92 Å². The van der Waals surface area contributed by atoms with E-state index in [1.165, 1.54) is 5.56 Å². The number of rotatable bonds is 11. The van der Waals surface area contributed by atoms with Crippen LogP contribution >= 0.6 is 11.8 Å². The molecule has 1 unspecified atom stereocenters. The number of imidazole rings is 1. The summed E-state index contributed by atoms with van der Waals surface area (Å²) in [7, 11) is -1.14. The molecule has 0 fully saturated rings. The van der Waals surface area contributed by atoms with Gasteiger partial charge < -0.3 is 9.30 Å². The smallest absolute Gasteiger partial charge is 0.206 e. The Balaban J connectivity index is 1.73. The molecule has 4 nitrogen and oxygen atoms in total. The average Bonchev–Trinajstić information content (AvgIpc) is 3.21. The van der Waals surface area contributed by atoms with Gasteiger partial charge in [0, 0.05) is 37.7 Å². The van der Waals surface area contributed by atoms with E-state index in [-0.39, 0.29) is 11.7 Å². The topological polar surface area (TPSA) is 44.1 Å². The van der Waals surface area contributed by atoms with E-state index in [2.05, 4.69) is 55.8 Å². The molecule has 0 N–H and O–H groups in total. The summed E-state index contributed by atoms with van der Waals surface area (Å²) in [6, 6.07) is 19.5. The molecule has 1 atom stereocenters. The second-order valence-corrected chi connectivity index (χ2v) is 15.7. The van der Waals surface area contributed by atoms with Crippen molar-refractivity contribution in [3.63, 3.8) is 0 Å². The molecular weight excluding hydrogens is 420 g/mol. The van der Waals surface area contributed by atoms with Crippen molar-refractivity contribution in [3.05, 3.63) is 83.9 Å². The lowest BCUT2D eigenvalue weighted by atomic mass is 9.96. The largest absolute Gasteiger partial charge is 0.361 e. The fourth-order valence-electron chi connectivity index (χ4n) is 3.16. The van der Waals surface area contributed by atoms with E-state index in [1.807, 2.05) is 41.1 Å². The van der Waals surface area contributed by atoms with Crippen LogP contribution in [0.15, 0.2) is 71.9 Å². The maximum atomic E-state index is 13.5. The molecule has 1 heterocycles. The van der Waals surface area contributed by atoms with Crippen molar-refractivity contribution in [1.82, 2.24) is 9.55 Å². The number of aromatic nitrogens is 2. The SMILES string of the molecule is Cc1ccc(SCC(C(=O)c2nccn2COCC[Si](C)(C)C)c2ccccc2)cc1. The maximum Gasteiger partial charge on any atom is 0.206 e. The van der Waals surface area contributed by atoms with E-state index in [1.54, 1.807) is 18.0 Å². The van der Waals surface area contributed by atoms with Crippen LogP contribution in [0.5, 0.6) is 0 Å². The van der Waals surface area contributed by atoms with Gasteiger partial charge in [0.15, 0.2) is 5.82 Å². The van der Waals surface area contributed by atoms with Crippen LogP contribution < -0.4 is 0 Å². The molecule has 0 spiro atoms. The number of thioether (sulfide) groups is 1. The first-order valence-electron chi connectivity index (χ1n) is 10.7. The summed E-state index contributed by atoms with van der Waals surface area (Å²) in [6.07, 6.45) is 3.52. The van der Waals surface area contributed by atoms with Crippen molar-refractivity contribution in [2.24, 2.45) is 0 Å². The zero-order chi connectivity index (χ0) is 22.3. The molecule has 0 radical (unpaired) electrons. The van der Waals surface area contributed by atoms with Crippen molar-refractivity contribution in [1.29, 1.82) is 0 Å². The maximum absolute atomic E-state index is 13.5. The van der Waals surface area contributed by atoms with Crippen molar-refractivity contribution in [3.8, 4) is 0 Å². The minimum atomic E-state index is -1.14. The minimum absolute atomic E-state index is 0.0320. The van der Waals surface area contributed by atoms with Crippen molar-refractivity contribution < 1.29 is 9.53 Å². The van der Waals surface area contributed by atoms with E-state index in [0.717, 1.165) is 16.5 Å². The van der Waals surface area contributed by atoms with Gasteiger partial charge in [-0.1, -0.05) is 67.7 Å². The Morgan fingerprint density at radius 3 is 2.48 bits per heavy atom. The van der Waals surface area contributed by atoms with Gasteiger partial charge in [0.05, 0.1) is 5.92 Å². The molecule has 6 heteroatoms. The normalized spacial score (nSPS) is 12.6. The molecule has 0 aliphatic heterocycles. The number of benzene rings is 2. The number of ketones is 1. The highest BCUT2D eigenvalue weighted by Crippen LogP contribution is 2.29. The minimum Gasteiger partial charge on any atom is -0.361 e. The Labute approximate surface area is 191 Å². The highest BCUT2D eigenvalue weighted by molar-refractivity contribution is 7.99. The molecule has 164 valence electrons. The highest BCUT2D eigenvalue weighted by Gasteiger charge is 2.26. The zero-order valence-electron chi connectivity index (χ0n) is 18.9. The summed E-state index contributed by atoms with van der Waals surface area (Å²) < 4.78 is 7.70. The first-order chi connectivity index (χ1) is 14.8. The van der Waals surface area contributed by atoms with E-state index in [4.69, 9.17) is 4.74 Å². The fourth-order valence-corrected chi connectivity index (χ4v) is 4.95. The monoisotopic (exact) mass is 452 g/mol. The van der Waals surface area contributed by atoms with Crippen molar-refractivity contribution in [2.75, 3.05) is 12.4 Å². The lowest BCUT2D eigenvalue weighted by Gasteiger charge is -2.18. The Morgan fingerprint density at radius 2 is 1.81 bits per heavy atom. The van der Waals surface area contributed by atoms with Gasteiger partial charge in [0.1, 0.15) is 6.73 Å². The number of carbonyl (C=O) groups is 1.